The van der Waals surface area contributed by atoms with E-state index in [0.717, 1.165) is 13.1 Å². The number of nitrogens with one attached hydrogen (secondary N) is 1. The minimum Gasteiger partial charge on any atom is -0.280 e. The third-order valence-electron chi connectivity index (χ3n) is 6.22. The van der Waals surface area contributed by atoms with E-state index in [9.17, 15) is 0 Å². The van der Waals surface area contributed by atoms with Crippen LogP contribution in [0.1, 0.15) is 93.6 Å². The molecule has 0 unspecified atom stereocenters. The van der Waals surface area contributed by atoms with Crippen molar-refractivity contribution < 1.29 is 4.84 Å². The molecule has 1 saturated heterocycles. The molecule has 0 atom stereocenters. The van der Waals surface area contributed by atoms with Gasteiger partial charge in [0.1, 0.15) is 6.61 Å². The smallest absolute Gasteiger partial charge is 0.114 e. The van der Waals surface area contributed by atoms with Gasteiger partial charge in [-0.15, -0.1) is 5.59 Å². The van der Waals surface area contributed by atoms with Gasteiger partial charge in [-0.3, -0.25) is 9.52 Å². The van der Waals surface area contributed by atoms with Gasteiger partial charge < -0.3 is 0 Å². The number of hydrogen-bond donors (Lipinski definition) is 1. The van der Waals surface area contributed by atoms with Crippen molar-refractivity contribution in [1.82, 2.24) is 20.4 Å². The predicted molar refractivity (Wildman–Crippen MR) is 99.0 cm³/mol. The molecule has 25 heavy (non-hydrogen) atoms. The summed E-state index contributed by atoms with van der Waals surface area (Å²) in [6, 6.07) is 0.632. The summed E-state index contributed by atoms with van der Waals surface area (Å²) in [4.78, 5) is 5.88. The van der Waals surface area contributed by atoms with Crippen LogP contribution in [-0.4, -0.2) is 27.9 Å². The van der Waals surface area contributed by atoms with E-state index in [4.69, 9.17) is 9.94 Å². The molecule has 0 aromatic carbocycles. The van der Waals surface area contributed by atoms with Gasteiger partial charge in [0.25, 0.3) is 0 Å². The third kappa shape index (κ3) is 4.26. The van der Waals surface area contributed by atoms with Crippen LogP contribution >= 0.6 is 0 Å². The molecule has 1 aromatic rings. The van der Waals surface area contributed by atoms with E-state index in [-0.39, 0.29) is 0 Å². The summed E-state index contributed by atoms with van der Waals surface area (Å²) in [6.07, 6.45) is 17.0. The van der Waals surface area contributed by atoms with E-state index in [1.165, 1.54) is 100 Å². The summed E-state index contributed by atoms with van der Waals surface area (Å²) in [5.74, 6) is 0. The quantitative estimate of drug-likeness (QED) is 0.816. The van der Waals surface area contributed by atoms with Crippen LogP contribution in [0.2, 0.25) is 0 Å². The SMILES string of the molecule is C1CCC(n2nc(CONN3CCCCCC3)c3c2CCCC3)CC1. The Morgan fingerprint density at radius 1 is 0.880 bits per heavy atom. The summed E-state index contributed by atoms with van der Waals surface area (Å²) in [7, 11) is 0. The summed E-state index contributed by atoms with van der Waals surface area (Å²) in [5, 5.41) is 7.28. The first-order chi connectivity index (χ1) is 12.4. The molecule has 0 bridgehead atoms. The Hall–Kier alpha value is -0.910. The molecule has 5 nitrogen and oxygen atoms in total. The first-order valence-electron chi connectivity index (χ1n) is 10.6. The van der Waals surface area contributed by atoms with Crippen LogP contribution in [0.5, 0.6) is 0 Å². The lowest BCUT2D eigenvalue weighted by Crippen LogP contribution is -2.38. The fourth-order valence-electron chi connectivity index (χ4n) is 4.80. The number of nitrogens with zero attached hydrogens (tertiary/aromatic N) is 3. The van der Waals surface area contributed by atoms with Gasteiger partial charge in [0.2, 0.25) is 0 Å². The highest BCUT2D eigenvalue weighted by atomic mass is 16.7. The van der Waals surface area contributed by atoms with Crippen LogP contribution in [-0.2, 0) is 24.3 Å². The summed E-state index contributed by atoms with van der Waals surface area (Å²) >= 11 is 0. The number of rotatable bonds is 5. The second-order valence-electron chi connectivity index (χ2n) is 8.10. The maximum atomic E-state index is 5.88. The number of fused-ring (bicyclic) bond motifs is 1. The van der Waals surface area contributed by atoms with E-state index < -0.39 is 0 Å². The van der Waals surface area contributed by atoms with Gasteiger partial charge in [-0.2, -0.15) is 5.10 Å². The van der Waals surface area contributed by atoms with Gasteiger partial charge in [-0.25, -0.2) is 5.01 Å². The molecule has 0 spiro atoms. The number of hydrogen-bond acceptors (Lipinski definition) is 4. The molecule has 5 heteroatoms. The van der Waals surface area contributed by atoms with Crippen molar-refractivity contribution in [2.45, 2.75) is 96.1 Å². The maximum Gasteiger partial charge on any atom is 0.114 e. The third-order valence-corrected chi connectivity index (χ3v) is 6.22. The van der Waals surface area contributed by atoms with Crippen molar-refractivity contribution in [2.75, 3.05) is 13.1 Å². The Labute approximate surface area is 152 Å². The van der Waals surface area contributed by atoms with E-state index in [0.29, 0.717) is 12.6 Å². The van der Waals surface area contributed by atoms with Gasteiger partial charge in [0.15, 0.2) is 0 Å². The molecular weight excluding hydrogens is 312 g/mol. The molecule has 2 fully saturated rings. The van der Waals surface area contributed by atoms with Crippen LogP contribution in [0.15, 0.2) is 0 Å². The molecule has 1 N–H and O–H groups in total. The van der Waals surface area contributed by atoms with Crippen LogP contribution in [0.4, 0.5) is 0 Å². The second kappa shape index (κ2) is 8.65. The standard InChI is InChI=1S/C20H34N4O/c1-2-9-15-23(14-8-1)22-25-16-19-18-12-6-7-13-20(18)24(21-19)17-10-4-3-5-11-17/h17,22H,1-16H2. The summed E-state index contributed by atoms with van der Waals surface area (Å²) < 4.78 is 2.40. The van der Waals surface area contributed by atoms with Gasteiger partial charge in [0, 0.05) is 18.8 Å². The number of aromatic nitrogens is 2. The molecule has 1 aliphatic heterocycles. The summed E-state index contributed by atoms with van der Waals surface area (Å²) in [5.41, 5.74) is 7.39. The van der Waals surface area contributed by atoms with Crippen molar-refractivity contribution in [1.29, 1.82) is 0 Å². The van der Waals surface area contributed by atoms with Crippen LogP contribution < -0.4 is 5.59 Å². The van der Waals surface area contributed by atoms with Crippen molar-refractivity contribution in [2.24, 2.45) is 0 Å². The molecular formula is C20H34N4O. The molecule has 4 rings (SSSR count). The lowest BCUT2D eigenvalue weighted by Gasteiger charge is -2.25. The Bertz CT molecular complexity index is 542. The molecule has 2 aliphatic carbocycles. The highest BCUT2D eigenvalue weighted by molar-refractivity contribution is 5.29. The van der Waals surface area contributed by atoms with Crippen molar-refractivity contribution in [3.8, 4) is 0 Å². The van der Waals surface area contributed by atoms with E-state index in [1.54, 1.807) is 0 Å². The fraction of sp³-hybridized carbons (Fsp3) is 0.850. The molecule has 1 aromatic heterocycles. The fourth-order valence-corrected chi connectivity index (χ4v) is 4.80. The topological polar surface area (TPSA) is 42.3 Å². The van der Waals surface area contributed by atoms with Gasteiger partial charge >= 0.3 is 0 Å². The molecule has 1 saturated carbocycles. The van der Waals surface area contributed by atoms with E-state index in [1.807, 2.05) is 0 Å². The van der Waals surface area contributed by atoms with Crippen molar-refractivity contribution in [3.05, 3.63) is 17.0 Å². The van der Waals surface area contributed by atoms with Gasteiger partial charge in [-0.05, 0) is 56.9 Å². The van der Waals surface area contributed by atoms with E-state index in [2.05, 4.69) is 15.3 Å². The van der Waals surface area contributed by atoms with Gasteiger partial charge in [0.05, 0.1) is 11.7 Å². The summed E-state index contributed by atoms with van der Waals surface area (Å²) in [6.45, 7) is 2.78. The first-order valence-corrected chi connectivity index (χ1v) is 10.6. The van der Waals surface area contributed by atoms with Crippen LogP contribution in [0.3, 0.4) is 0 Å². The lowest BCUT2D eigenvalue weighted by atomic mass is 9.93. The monoisotopic (exact) mass is 346 g/mol. The molecule has 140 valence electrons. The minimum absolute atomic E-state index is 0.596. The van der Waals surface area contributed by atoms with Crippen LogP contribution in [0.25, 0.3) is 0 Å². The average molecular weight is 347 g/mol. The Morgan fingerprint density at radius 2 is 1.60 bits per heavy atom. The Balaban J connectivity index is 1.41. The van der Waals surface area contributed by atoms with Crippen molar-refractivity contribution >= 4 is 0 Å². The highest BCUT2D eigenvalue weighted by Crippen LogP contribution is 2.33. The zero-order valence-electron chi connectivity index (χ0n) is 15.6. The normalized spacial score (nSPS) is 23.4. The molecule has 0 radical (unpaired) electrons. The van der Waals surface area contributed by atoms with Crippen molar-refractivity contribution in [3.63, 3.8) is 0 Å². The maximum absolute atomic E-state index is 5.88. The zero-order valence-corrected chi connectivity index (χ0v) is 15.6. The first kappa shape index (κ1) is 17.5. The lowest BCUT2D eigenvalue weighted by molar-refractivity contribution is -0.0927. The zero-order chi connectivity index (χ0) is 16.9. The molecule has 3 aliphatic rings. The second-order valence-corrected chi connectivity index (χ2v) is 8.10. The van der Waals surface area contributed by atoms with Crippen LogP contribution in [0, 0.1) is 0 Å². The highest BCUT2D eigenvalue weighted by Gasteiger charge is 2.26. The Kier molecular flexibility index (Phi) is 6.06. The minimum atomic E-state index is 0.596. The number of hydrazine groups is 1. The predicted octanol–water partition coefficient (Wildman–Crippen LogP) is 4.08. The average Bonchev–Trinajstić information content (AvgIpc) is 2.84. The van der Waals surface area contributed by atoms with E-state index >= 15 is 0 Å². The van der Waals surface area contributed by atoms with Gasteiger partial charge in [-0.1, -0.05) is 32.1 Å². The molecule has 2 heterocycles. The largest absolute Gasteiger partial charge is 0.280 e. The molecule has 0 amide bonds. The Morgan fingerprint density at radius 3 is 2.40 bits per heavy atom.